The van der Waals surface area contributed by atoms with E-state index in [9.17, 15) is 4.79 Å². The third-order valence-corrected chi connectivity index (χ3v) is 3.84. The van der Waals surface area contributed by atoms with Gasteiger partial charge in [-0.05, 0) is 51.8 Å². The van der Waals surface area contributed by atoms with Crippen LogP contribution in [0.3, 0.4) is 0 Å². The van der Waals surface area contributed by atoms with Gasteiger partial charge in [-0.3, -0.25) is 0 Å². The molecule has 0 fully saturated rings. The molecule has 0 saturated carbocycles. The van der Waals surface area contributed by atoms with E-state index in [4.69, 9.17) is 16.3 Å². The van der Waals surface area contributed by atoms with E-state index in [1.165, 1.54) is 0 Å². The minimum Gasteiger partial charge on any atom is -0.402 e. The fourth-order valence-corrected chi connectivity index (χ4v) is 2.46. The molecule has 0 radical (unpaired) electrons. The SMILES string of the molecule is O=C1OC(c2ccccc2Br)=NC1=Cc1ccc(Cl)cc1. The second-order valence-corrected chi connectivity index (χ2v) is 5.66. The van der Waals surface area contributed by atoms with Crippen LogP contribution in [-0.4, -0.2) is 11.9 Å². The zero-order chi connectivity index (χ0) is 14.8. The van der Waals surface area contributed by atoms with E-state index in [0.29, 0.717) is 10.9 Å². The second-order valence-electron chi connectivity index (χ2n) is 4.37. The smallest absolute Gasteiger partial charge is 0.363 e. The average molecular weight is 363 g/mol. The number of hydrogen-bond donors (Lipinski definition) is 0. The summed E-state index contributed by atoms with van der Waals surface area (Å²) in [5, 5.41) is 0.642. The summed E-state index contributed by atoms with van der Waals surface area (Å²) in [6.45, 7) is 0. The quantitative estimate of drug-likeness (QED) is 0.585. The van der Waals surface area contributed by atoms with Crippen LogP contribution < -0.4 is 0 Å². The molecule has 1 aliphatic rings. The third kappa shape index (κ3) is 3.06. The predicted molar refractivity (Wildman–Crippen MR) is 86.2 cm³/mol. The Morgan fingerprint density at radius 1 is 1.10 bits per heavy atom. The molecule has 3 rings (SSSR count). The van der Waals surface area contributed by atoms with Crippen molar-refractivity contribution < 1.29 is 9.53 Å². The molecular formula is C16H9BrClNO2. The molecule has 0 aliphatic carbocycles. The molecule has 2 aromatic rings. The number of esters is 1. The summed E-state index contributed by atoms with van der Waals surface area (Å²) in [4.78, 5) is 16.2. The molecule has 0 N–H and O–H groups in total. The number of aliphatic imine (C=N–C) groups is 1. The third-order valence-electron chi connectivity index (χ3n) is 2.90. The van der Waals surface area contributed by atoms with Gasteiger partial charge in [0.2, 0.25) is 5.90 Å². The molecule has 104 valence electrons. The topological polar surface area (TPSA) is 38.7 Å². The van der Waals surface area contributed by atoms with Gasteiger partial charge in [0.1, 0.15) is 0 Å². The van der Waals surface area contributed by atoms with Gasteiger partial charge in [0.25, 0.3) is 0 Å². The zero-order valence-electron chi connectivity index (χ0n) is 10.7. The first kappa shape index (κ1) is 14.0. The Labute approximate surface area is 135 Å². The Balaban J connectivity index is 1.96. The fourth-order valence-electron chi connectivity index (χ4n) is 1.88. The van der Waals surface area contributed by atoms with Crippen molar-refractivity contribution in [3.8, 4) is 0 Å². The molecular weight excluding hydrogens is 354 g/mol. The van der Waals surface area contributed by atoms with Crippen molar-refractivity contribution in [1.29, 1.82) is 0 Å². The van der Waals surface area contributed by atoms with Gasteiger partial charge < -0.3 is 4.74 Å². The van der Waals surface area contributed by atoms with Crippen LogP contribution >= 0.6 is 27.5 Å². The molecule has 0 unspecified atom stereocenters. The van der Waals surface area contributed by atoms with Crippen molar-refractivity contribution in [1.82, 2.24) is 0 Å². The van der Waals surface area contributed by atoms with E-state index in [-0.39, 0.29) is 5.70 Å². The molecule has 3 nitrogen and oxygen atoms in total. The highest BCUT2D eigenvalue weighted by atomic mass is 79.9. The fraction of sp³-hybridized carbons (Fsp3) is 0. The van der Waals surface area contributed by atoms with Gasteiger partial charge in [0.05, 0.1) is 5.56 Å². The lowest BCUT2D eigenvalue weighted by Crippen LogP contribution is -2.05. The van der Waals surface area contributed by atoms with Crippen molar-refractivity contribution in [2.24, 2.45) is 4.99 Å². The normalized spacial score (nSPS) is 16.0. The van der Waals surface area contributed by atoms with Gasteiger partial charge in [-0.1, -0.05) is 35.9 Å². The van der Waals surface area contributed by atoms with Crippen molar-refractivity contribution in [3.63, 3.8) is 0 Å². The summed E-state index contributed by atoms with van der Waals surface area (Å²) in [7, 11) is 0. The van der Waals surface area contributed by atoms with Crippen LogP contribution in [0.25, 0.3) is 6.08 Å². The first-order valence-electron chi connectivity index (χ1n) is 6.16. The van der Waals surface area contributed by atoms with Crippen LogP contribution in [0.15, 0.2) is 63.7 Å². The number of nitrogens with zero attached hydrogens (tertiary/aromatic N) is 1. The maximum Gasteiger partial charge on any atom is 0.363 e. The largest absolute Gasteiger partial charge is 0.402 e. The van der Waals surface area contributed by atoms with Crippen molar-refractivity contribution >= 4 is 45.5 Å². The highest BCUT2D eigenvalue weighted by molar-refractivity contribution is 9.10. The number of hydrogen-bond acceptors (Lipinski definition) is 3. The van der Waals surface area contributed by atoms with E-state index in [1.807, 2.05) is 36.4 Å². The summed E-state index contributed by atoms with van der Waals surface area (Å²) in [6, 6.07) is 14.6. The summed E-state index contributed by atoms with van der Waals surface area (Å²) >= 11 is 9.25. The molecule has 0 aromatic heterocycles. The summed E-state index contributed by atoms with van der Waals surface area (Å²) in [5.74, 6) is -0.164. The van der Waals surface area contributed by atoms with Gasteiger partial charge in [-0.25, -0.2) is 9.79 Å². The number of halogens is 2. The van der Waals surface area contributed by atoms with Crippen LogP contribution in [0, 0.1) is 0 Å². The zero-order valence-corrected chi connectivity index (χ0v) is 13.1. The molecule has 1 aliphatic heterocycles. The molecule has 5 heteroatoms. The molecule has 2 aromatic carbocycles. The summed E-state index contributed by atoms with van der Waals surface area (Å²) in [5.41, 5.74) is 1.84. The van der Waals surface area contributed by atoms with Crippen LogP contribution in [-0.2, 0) is 9.53 Å². The van der Waals surface area contributed by atoms with Gasteiger partial charge in [0.15, 0.2) is 5.70 Å². The maximum atomic E-state index is 11.9. The van der Waals surface area contributed by atoms with E-state index < -0.39 is 5.97 Å². The first-order chi connectivity index (χ1) is 10.1. The molecule has 0 saturated heterocycles. The van der Waals surface area contributed by atoms with Crippen molar-refractivity contribution in [3.05, 3.63) is 74.9 Å². The molecule has 0 amide bonds. The van der Waals surface area contributed by atoms with Gasteiger partial charge in [-0.15, -0.1) is 0 Å². The minimum absolute atomic E-state index is 0.267. The lowest BCUT2D eigenvalue weighted by Gasteiger charge is -2.01. The predicted octanol–water partition coefficient (Wildman–Crippen LogP) is 4.45. The Morgan fingerprint density at radius 3 is 2.52 bits per heavy atom. The highest BCUT2D eigenvalue weighted by Crippen LogP contribution is 2.24. The molecule has 0 bridgehead atoms. The first-order valence-corrected chi connectivity index (χ1v) is 7.33. The molecule has 21 heavy (non-hydrogen) atoms. The van der Waals surface area contributed by atoms with E-state index in [2.05, 4.69) is 20.9 Å². The second kappa shape index (κ2) is 5.84. The maximum absolute atomic E-state index is 11.9. The lowest BCUT2D eigenvalue weighted by atomic mass is 10.2. The van der Waals surface area contributed by atoms with Crippen molar-refractivity contribution in [2.45, 2.75) is 0 Å². The van der Waals surface area contributed by atoms with E-state index in [0.717, 1.165) is 15.6 Å². The Hall–Kier alpha value is -1.91. The van der Waals surface area contributed by atoms with Gasteiger partial charge in [0, 0.05) is 9.50 Å². The van der Waals surface area contributed by atoms with Crippen LogP contribution in [0.1, 0.15) is 11.1 Å². The van der Waals surface area contributed by atoms with Crippen LogP contribution in [0.2, 0.25) is 5.02 Å². The highest BCUT2D eigenvalue weighted by Gasteiger charge is 2.25. The number of cyclic esters (lactones) is 1. The molecule has 1 heterocycles. The number of rotatable bonds is 2. The lowest BCUT2D eigenvalue weighted by molar-refractivity contribution is -0.129. The Morgan fingerprint density at radius 2 is 1.81 bits per heavy atom. The molecule has 0 atom stereocenters. The van der Waals surface area contributed by atoms with Gasteiger partial charge in [-0.2, -0.15) is 0 Å². The van der Waals surface area contributed by atoms with E-state index in [1.54, 1.807) is 18.2 Å². The number of ether oxygens (including phenoxy) is 1. The number of carbonyl (C=O) groups excluding carboxylic acids is 1. The Bertz CT molecular complexity index is 766. The van der Waals surface area contributed by atoms with Gasteiger partial charge >= 0.3 is 5.97 Å². The van der Waals surface area contributed by atoms with Crippen molar-refractivity contribution in [2.75, 3.05) is 0 Å². The summed E-state index contributed by atoms with van der Waals surface area (Å²) in [6.07, 6.45) is 1.67. The molecule has 0 spiro atoms. The van der Waals surface area contributed by atoms with Crippen LogP contribution in [0.5, 0.6) is 0 Å². The van der Waals surface area contributed by atoms with E-state index >= 15 is 0 Å². The monoisotopic (exact) mass is 361 g/mol. The number of carbonyl (C=O) groups is 1. The average Bonchev–Trinajstić information content (AvgIpc) is 2.83. The summed E-state index contributed by atoms with van der Waals surface area (Å²) < 4.78 is 6.05. The Kier molecular flexibility index (Phi) is 3.90. The number of benzene rings is 2. The standard InChI is InChI=1S/C16H9BrClNO2/c17-13-4-2-1-3-12(13)15-19-14(16(20)21-15)9-10-5-7-11(18)8-6-10/h1-9H. The minimum atomic E-state index is -0.462. The van der Waals surface area contributed by atoms with Crippen LogP contribution in [0.4, 0.5) is 0 Å².